The molecule has 1 unspecified atom stereocenters. The van der Waals surface area contributed by atoms with Crippen LogP contribution in [0.5, 0.6) is 0 Å². The SMILES string of the molecule is CCC(N)CC(=O)Nc1cccc(NC(=O)C(C)(C)C)c1. The number of carbonyl (C=O) groups excluding carboxylic acids is 2. The van der Waals surface area contributed by atoms with Crippen LogP contribution >= 0.6 is 0 Å². The van der Waals surface area contributed by atoms with Crippen LogP contribution < -0.4 is 16.4 Å². The summed E-state index contributed by atoms with van der Waals surface area (Å²) in [6.07, 6.45) is 1.05. The summed E-state index contributed by atoms with van der Waals surface area (Å²) in [6, 6.07) is 6.96. The van der Waals surface area contributed by atoms with Crippen LogP contribution in [0.25, 0.3) is 0 Å². The van der Waals surface area contributed by atoms with Crippen LogP contribution in [0.2, 0.25) is 0 Å². The second kappa shape index (κ2) is 7.22. The van der Waals surface area contributed by atoms with Gasteiger partial charge in [-0.15, -0.1) is 0 Å². The first-order chi connectivity index (χ1) is 9.72. The van der Waals surface area contributed by atoms with E-state index in [9.17, 15) is 9.59 Å². The molecule has 1 rings (SSSR count). The summed E-state index contributed by atoms with van der Waals surface area (Å²) in [6.45, 7) is 7.49. The van der Waals surface area contributed by atoms with Crippen molar-refractivity contribution in [3.05, 3.63) is 24.3 Å². The zero-order valence-electron chi connectivity index (χ0n) is 13.2. The van der Waals surface area contributed by atoms with Crippen molar-refractivity contribution >= 4 is 23.2 Å². The number of amides is 2. The van der Waals surface area contributed by atoms with Gasteiger partial charge < -0.3 is 16.4 Å². The van der Waals surface area contributed by atoms with Gasteiger partial charge in [0, 0.05) is 29.3 Å². The summed E-state index contributed by atoms with van der Waals surface area (Å²) in [5.74, 6) is -0.192. The molecule has 0 aliphatic rings. The minimum absolute atomic E-state index is 0.0704. The van der Waals surface area contributed by atoms with Crippen LogP contribution in [0.4, 0.5) is 11.4 Å². The van der Waals surface area contributed by atoms with Crippen LogP contribution in [-0.4, -0.2) is 17.9 Å². The van der Waals surface area contributed by atoms with Gasteiger partial charge >= 0.3 is 0 Å². The highest BCUT2D eigenvalue weighted by atomic mass is 16.2. The Morgan fingerprint density at radius 1 is 1.19 bits per heavy atom. The maximum Gasteiger partial charge on any atom is 0.229 e. The quantitative estimate of drug-likeness (QED) is 0.780. The minimum Gasteiger partial charge on any atom is -0.327 e. The average Bonchev–Trinajstić information content (AvgIpc) is 2.37. The second-order valence-electron chi connectivity index (χ2n) is 6.21. The molecule has 1 atom stereocenters. The van der Waals surface area contributed by atoms with E-state index in [2.05, 4.69) is 10.6 Å². The number of hydrogen-bond acceptors (Lipinski definition) is 3. The van der Waals surface area contributed by atoms with Crippen molar-refractivity contribution in [2.24, 2.45) is 11.1 Å². The van der Waals surface area contributed by atoms with Crippen molar-refractivity contribution in [1.29, 1.82) is 0 Å². The third-order valence-corrected chi connectivity index (χ3v) is 3.06. The fourth-order valence-electron chi connectivity index (χ4n) is 1.59. The topological polar surface area (TPSA) is 84.2 Å². The lowest BCUT2D eigenvalue weighted by Crippen LogP contribution is -2.28. The van der Waals surface area contributed by atoms with Gasteiger partial charge in [0.2, 0.25) is 11.8 Å². The van der Waals surface area contributed by atoms with E-state index in [-0.39, 0.29) is 24.3 Å². The van der Waals surface area contributed by atoms with Gasteiger partial charge in [0.25, 0.3) is 0 Å². The van der Waals surface area contributed by atoms with Gasteiger partial charge in [-0.3, -0.25) is 9.59 Å². The lowest BCUT2D eigenvalue weighted by Gasteiger charge is -2.18. The highest BCUT2D eigenvalue weighted by Gasteiger charge is 2.21. The van der Waals surface area contributed by atoms with Crippen LogP contribution in [0.3, 0.4) is 0 Å². The van der Waals surface area contributed by atoms with Gasteiger partial charge in [0.1, 0.15) is 0 Å². The van der Waals surface area contributed by atoms with Crippen molar-refractivity contribution in [2.45, 2.75) is 46.6 Å². The molecule has 4 N–H and O–H groups in total. The Bertz CT molecular complexity index is 506. The van der Waals surface area contributed by atoms with Gasteiger partial charge in [-0.05, 0) is 24.6 Å². The van der Waals surface area contributed by atoms with E-state index in [1.54, 1.807) is 24.3 Å². The molecule has 5 heteroatoms. The Morgan fingerprint density at radius 3 is 2.29 bits per heavy atom. The van der Waals surface area contributed by atoms with Crippen molar-refractivity contribution < 1.29 is 9.59 Å². The second-order valence-corrected chi connectivity index (χ2v) is 6.21. The third-order valence-electron chi connectivity index (χ3n) is 3.06. The van der Waals surface area contributed by atoms with E-state index in [4.69, 9.17) is 5.73 Å². The first-order valence-corrected chi connectivity index (χ1v) is 7.19. The van der Waals surface area contributed by atoms with Gasteiger partial charge in [0.15, 0.2) is 0 Å². The summed E-state index contributed by atoms with van der Waals surface area (Å²) in [5, 5.41) is 5.62. The van der Waals surface area contributed by atoms with Gasteiger partial charge in [-0.1, -0.05) is 33.8 Å². The lowest BCUT2D eigenvalue weighted by atomic mass is 9.95. The smallest absolute Gasteiger partial charge is 0.229 e. The van der Waals surface area contributed by atoms with Crippen LogP contribution in [0.1, 0.15) is 40.5 Å². The number of nitrogens with two attached hydrogens (primary N) is 1. The zero-order chi connectivity index (χ0) is 16.0. The van der Waals surface area contributed by atoms with Crippen molar-refractivity contribution in [3.63, 3.8) is 0 Å². The molecule has 0 saturated carbocycles. The molecule has 0 radical (unpaired) electrons. The molecule has 21 heavy (non-hydrogen) atoms. The number of rotatable bonds is 5. The van der Waals surface area contributed by atoms with Crippen LogP contribution in [-0.2, 0) is 9.59 Å². The summed E-state index contributed by atoms with van der Waals surface area (Å²) in [4.78, 5) is 23.7. The van der Waals surface area contributed by atoms with Gasteiger partial charge in [-0.25, -0.2) is 0 Å². The van der Waals surface area contributed by atoms with E-state index in [1.807, 2.05) is 27.7 Å². The van der Waals surface area contributed by atoms with Crippen molar-refractivity contribution in [1.82, 2.24) is 0 Å². The predicted octanol–water partition coefficient (Wildman–Crippen LogP) is 2.74. The Balaban J connectivity index is 2.68. The van der Waals surface area contributed by atoms with Crippen molar-refractivity contribution in [3.8, 4) is 0 Å². The fourth-order valence-corrected chi connectivity index (χ4v) is 1.59. The Hall–Kier alpha value is -1.88. The molecule has 0 bridgehead atoms. The van der Waals surface area contributed by atoms with E-state index in [0.29, 0.717) is 11.4 Å². The molecular formula is C16H25N3O2. The minimum atomic E-state index is -0.465. The predicted molar refractivity (Wildman–Crippen MR) is 86.0 cm³/mol. The average molecular weight is 291 g/mol. The first kappa shape index (κ1) is 17.2. The van der Waals surface area contributed by atoms with Crippen LogP contribution in [0.15, 0.2) is 24.3 Å². The molecule has 1 aromatic carbocycles. The summed E-state index contributed by atoms with van der Waals surface area (Å²) in [7, 11) is 0. The Morgan fingerprint density at radius 2 is 1.76 bits per heavy atom. The third kappa shape index (κ3) is 5.95. The molecule has 0 fully saturated rings. The van der Waals surface area contributed by atoms with E-state index in [1.165, 1.54) is 0 Å². The largest absolute Gasteiger partial charge is 0.327 e. The summed E-state index contributed by atoms with van der Waals surface area (Å²) >= 11 is 0. The lowest BCUT2D eigenvalue weighted by molar-refractivity contribution is -0.123. The highest BCUT2D eigenvalue weighted by molar-refractivity contribution is 5.96. The number of nitrogens with one attached hydrogen (secondary N) is 2. The molecule has 116 valence electrons. The summed E-state index contributed by atoms with van der Waals surface area (Å²) < 4.78 is 0. The maximum atomic E-state index is 11.9. The van der Waals surface area contributed by atoms with E-state index in [0.717, 1.165) is 6.42 Å². The van der Waals surface area contributed by atoms with Gasteiger partial charge in [0.05, 0.1) is 0 Å². The number of hydrogen-bond donors (Lipinski definition) is 3. The van der Waals surface area contributed by atoms with Crippen LogP contribution in [0, 0.1) is 5.41 Å². The standard InChI is InChI=1S/C16H25N3O2/c1-5-11(17)9-14(20)18-12-7-6-8-13(10-12)19-15(21)16(2,3)4/h6-8,10-11H,5,9,17H2,1-4H3,(H,18,20)(H,19,21). The Kier molecular flexibility index (Phi) is 5.90. The number of carbonyl (C=O) groups is 2. The first-order valence-electron chi connectivity index (χ1n) is 7.19. The molecule has 1 aromatic rings. The fraction of sp³-hybridized carbons (Fsp3) is 0.500. The normalized spacial score (nSPS) is 12.6. The number of benzene rings is 1. The summed E-state index contributed by atoms with van der Waals surface area (Å²) in [5.41, 5.74) is 6.60. The molecule has 0 saturated heterocycles. The van der Waals surface area contributed by atoms with E-state index >= 15 is 0 Å². The highest BCUT2D eigenvalue weighted by Crippen LogP contribution is 2.20. The zero-order valence-corrected chi connectivity index (χ0v) is 13.2. The van der Waals surface area contributed by atoms with E-state index < -0.39 is 5.41 Å². The van der Waals surface area contributed by atoms with Crippen molar-refractivity contribution in [2.75, 3.05) is 10.6 Å². The molecule has 0 aliphatic carbocycles. The maximum absolute atomic E-state index is 11.9. The molecule has 5 nitrogen and oxygen atoms in total. The van der Waals surface area contributed by atoms with Gasteiger partial charge in [-0.2, -0.15) is 0 Å². The molecular weight excluding hydrogens is 266 g/mol. The number of anilines is 2. The monoisotopic (exact) mass is 291 g/mol. The molecule has 0 heterocycles. The molecule has 2 amide bonds. The molecule has 0 aromatic heterocycles. The Labute approximate surface area is 126 Å². The molecule has 0 aliphatic heterocycles. The molecule has 0 spiro atoms.